The largest absolute Gasteiger partial charge is 0.316 e. The van der Waals surface area contributed by atoms with E-state index in [9.17, 15) is 4.79 Å². The van der Waals surface area contributed by atoms with Crippen molar-refractivity contribution in [1.82, 2.24) is 19.7 Å². The zero-order chi connectivity index (χ0) is 13.8. The molecule has 2 heterocycles. The van der Waals surface area contributed by atoms with Gasteiger partial charge in [-0.15, -0.1) is 6.58 Å². The summed E-state index contributed by atoms with van der Waals surface area (Å²) in [4.78, 5) is 14.2. The summed E-state index contributed by atoms with van der Waals surface area (Å²) in [6.07, 6.45) is 3.18. The van der Waals surface area contributed by atoms with E-state index < -0.39 is 0 Å². The van der Waals surface area contributed by atoms with Gasteiger partial charge in [-0.05, 0) is 7.05 Å². The molecule has 0 radical (unpaired) electrons. The van der Waals surface area contributed by atoms with Crippen molar-refractivity contribution in [2.45, 2.75) is 6.54 Å². The van der Waals surface area contributed by atoms with Gasteiger partial charge in [-0.3, -0.25) is 4.79 Å². The van der Waals surface area contributed by atoms with E-state index in [1.807, 2.05) is 5.01 Å². The van der Waals surface area contributed by atoms with Crippen LogP contribution in [0, 0.1) is 0 Å². The molecule has 1 aromatic rings. The molecule has 0 aliphatic carbocycles. The van der Waals surface area contributed by atoms with Crippen molar-refractivity contribution in [3.05, 3.63) is 34.2 Å². The number of nitrogens with zero attached hydrogens (tertiary/aromatic N) is 4. The summed E-state index contributed by atoms with van der Waals surface area (Å²) in [6, 6.07) is 0. The summed E-state index contributed by atoms with van der Waals surface area (Å²) in [5.74, 6) is 0. The van der Waals surface area contributed by atoms with Gasteiger partial charge >= 0.3 is 0 Å². The van der Waals surface area contributed by atoms with Gasteiger partial charge in [0.15, 0.2) is 0 Å². The van der Waals surface area contributed by atoms with Crippen molar-refractivity contribution in [3.8, 4) is 0 Å². The molecule has 0 bridgehead atoms. The van der Waals surface area contributed by atoms with Gasteiger partial charge in [0.05, 0.1) is 18.4 Å². The monoisotopic (exact) mass is 283 g/mol. The lowest BCUT2D eigenvalue weighted by atomic mass is 10.4. The maximum Gasteiger partial charge on any atom is 0.287 e. The van der Waals surface area contributed by atoms with Crippen molar-refractivity contribution in [2.75, 3.05) is 38.7 Å². The van der Waals surface area contributed by atoms with Crippen LogP contribution in [0.4, 0.5) is 5.69 Å². The quantitative estimate of drug-likeness (QED) is 0.823. The molecule has 1 saturated heterocycles. The molecule has 0 atom stereocenters. The molecule has 19 heavy (non-hydrogen) atoms. The van der Waals surface area contributed by atoms with E-state index in [-0.39, 0.29) is 10.6 Å². The van der Waals surface area contributed by atoms with Crippen LogP contribution in [-0.2, 0) is 6.54 Å². The normalized spacial score (nSPS) is 17.4. The van der Waals surface area contributed by atoms with Gasteiger partial charge in [0.25, 0.3) is 5.56 Å². The molecule has 1 aromatic heterocycles. The molecule has 1 aliphatic heterocycles. The lowest BCUT2D eigenvalue weighted by Gasteiger charge is -2.33. The Kier molecular flexibility index (Phi) is 4.57. The second kappa shape index (κ2) is 6.18. The lowest BCUT2D eigenvalue weighted by molar-refractivity contribution is 0.179. The highest BCUT2D eigenvalue weighted by Gasteiger charge is 2.16. The van der Waals surface area contributed by atoms with Crippen LogP contribution in [0.2, 0.25) is 5.02 Å². The van der Waals surface area contributed by atoms with Crippen LogP contribution in [0.15, 0.2) is 23.6 Å². The van der Waals surface area contributed by atoms with E-state index >= 15 is 0 Å². The Bertz CT molecular complexity index is 507. The first-order valence-electron chi connectivity index (χ1n) is 6.18. The van der Waals surface area contributed by atoms with Gasteiger partial charge in [0, 0.05) is 26.2 Å². The Morgan fingerprint density at radius 2 is 2.16 bits per heavy atom. The summed E-state index contributed by atoms with van der Waals surface area (Å²) in [6.45, 7) is 7.64. The standard InChI is InChI=1S/C12H18ClN5O/c1-3-4-18-12(19)11(13)10(9-14-18)15-17-7-5-16(2)6-8-17/h3,9,15H,1,4-8H2,2H3. The third kappa shape index (κ3) is 3.34. The molecule has 6 nitrogen and oxygen atoms in total. The van der Waals surface area contributed by atoms with Gasteiger partial charge in [-0.1, -0.05) is 17.7 Å². The van der Waals surface area contributed by atoms with Crippen molar-refractivity contribution in [1.29, 1.82) is 0 Å². The van der Waals surface area contributed by atoms with E-state index in [2.05, 4.69) is 29.1 Å². The van der Waals surface area contributed by atoms with E-state index in [1.165, 1.54) is 4.68 Å². The van der Waals surface area contributed by atoms with Crippen LogP contribution in [0.1, 0.15) is 0 Å². The summed E-state index contributed by atoms with van der Waals surface area (Å²) >= 11 is 6.07. The van der Waals surface area contributed by atoms with E-state index in [1.54, 1.807) is 12.3 Å². The molecule has 1 aliphatic rings. The Labute approximate surface area is 117 Å². The number of rotatable bonds is 4. The molecule has 1 N–H and O–H groups in total. The molecule has 0 unspecified atom stereocenters. The Balaban J connectivity index is 2.11. The van der Waals surface area contributed by atoms with Crippen molar-refractivity contribution < 1.29 is 0 Å². The number of allylic oxidation sites excluding steroid dienone is 1. The number of nitrogens with one attached hydrogen (secondary N) is 1. The first kappa shape index (κ1) is 14.0. The first-order chi connectivity index (χ1) is 9.11. The highest BCUT2D eigenvalue weighted by atomic mass is 35.5. The molecule has 7 heteroatoms. The van der Waals surface area contributed by atoms with Crippen LogP contribution in [0.25, 0.3) is 0 Å². The molecular formula is C12H18ClN5O. The SMILES string of the molecule is C=CCn1ncc(NN2CCN(C)CC2)c(Cl)c1=O. The van der Waals surface area contributed by atoms with Crippen LogP contribution in [0.5, 0.6) is 0 Å². The number of halogens is 1. The predicted molar refractivity (Wildman–Crippen MR) is 76.4 cm³/mol. The summed E-state index contributed by atoms with van der Waals surface area (Å²) in [5, 5.41) is 6.26. The van der Waals surface area contributed by atoms with Crippen molar-refractivity contribution in [2.24, 2.45) is 0 Å². The van der Waals surface area contributed by atoms with Crippen LogP contribution in [-0.4, -0.2) is 52.9 Å². The third-order valence-corrected chi connectivity index (χ3v) is 3.43. The number of hydrogen-bond donors (Lipinski definition) is 1. The van der Waals surface area contributed by atoms with Crippen LogP contribution < -0.4 is 11.0 Å². The molecule has 0 saturated carbocycles. The van der Waals surface area contributed by atoms with Gasteiger partial charge < -0.3 is 10.3 Å². The molecular weight excluding hydrogens is 266 g/mol. The molecule has 1 fully saturated rings. The highest BCUT2D eigenvalue weighted by Crippen LogP contribution is 2.16. The van der Waals surface area contributed by atoms with Gasteiger partial charge in [0.1, 0.15) is 5.02 Å². The average molecular weight is 284 g/mol. The van der Waals surface area contributed by atoms with Gasteiger partial charge in [-0.25, -0.2) is 9.69 Å². The van der Waals surface area contributed by atoms with Crippen molar-refractivity contribution in [3.63, 3.8) is 0 Å². The molecule has 2 rings (SSSR count). The topological polar surface area (TPSA) is 53.4 Å². The number of likely N-dealkylation sites (N-methyl/N-ethyl adjacent to an activating group) is 1. The van der Waals surface area contributed by atoms with Crippen molar-refractivity contribution >= 4 is 17.3 Å². The minimum absolute atomic E-state index is 0.163. The van der Waals surface area contributed by atoms with E-state index in [0.717, 1.165) is 26.2 Å². The fourth-order valence-electron chi connectivity index (χ4n) is 1.88. The van der Waals surface area contributed by atoms with Gasteiger partial charge in [0.2, 0.25) is 0 Å². The maximum absolute atomic E-state index is 11.9. The smallest absolute Gasteiger partial charge is 0.287 e. The fraction of sp³-hybridized carbons (Fsp3) is 0.500. The zero-order valence-corrected chi connectivity index (χ0v) is 11.7. The minimum Gasteiger partial charge on any atom is -0.316 e. The Hall–Kier alpha value is -1.37. The van der Waals surface area contributed by atoms with E-state index in [0.29, 0.717) is 12.2 Å². The highest BCUT2D eigenvalue weighted by molar-refractivity contribution is 6.32. The molecule has 0 spiro atoms. The first-order valence-corrected chi connectivity index (χ1v) is 6.56. The third-order valence-electron chi connectivity index (χ3n) is 3.07. The second-order valence-electron chi connectivity index (χ2n) is 4.55. The van der Waals surface area contributed by atoms with E-state index in [4.69, 9.17) is 11.6 Å². The predicted octanol–water partition coefficient (Wildman–Crippen LogP) is 0.657. The molecule has 0 aromatic carbocycles. The second-order valence-corrected chi connectivity index (χ2v) is 4.93. The Morgan fingerprint density at radius 1 is 1.47 bits per heavy atom. The zero-order valence-electron chi connectivity index (χ0n) is 11.0. The number of hydrogen-bond acceptors (Lipinski definition) is 5. The lowest BCUT2D eigenvalue weighted by Crippen LogP contribution is -2.47. The maximum atomic E-state index is 11.9. The van der Waals surface area contributed by atoms with Crippen LogP contribution >= 0.6 is 11.6 Å². The summed E-state index contributed by atoms with van der Waals surface area (Å²) in [7, 11) is 2.09. The van der Waals surface area contributed by atoms with Gasteiger partial charge in [-0.2, -0.15) is 5.10 Å². The fourth-order valence-corrected chi connectivity index (χ4v) is 2.07. The summed E-state index contributed by atoms with van der Waals surface area (Å²) in [5.41, 5.74) is 3.40. The minimum atomic E-state index is -0.305. The number of piperazine rings is 1. The number of hydrazine groups is 1. The summed E-state index contributed by atoms with van der Waals surface area (Å²) < 4.78 is 1.28. The number of anilines is 1. The number of aromatic nitrogens is 2. The Morgan fingerprint density at radius 3 is 2.79 bits per heavy atom. The molecule has 104 valence electrons. The van der Waals surface area contributed by atoms with Crippen LogP contribution in [0.3, 0.4) is 0 Å². The molecule has 0 amide bonds. The average Bonchev–Trinajstić information content (AvgIpc) is 2.41.